The van der Waals surface area contributed by atoms with Crippen LogP contribution in [-0.4, -0.2) is 21.3 Å². The predicted molar refractivity (Wildman–Crippen MR) is 85.1 cm³/mol. The smallest absolute Gasteiger partial charge is 0.0734 e. The Balaban J connectivity index is 1.61. The molecule has 0 fully saturated rings. The average Bonchev–Trinajstić information content (AvgIpc) is 2.83. The summed E-state index contributed by atoms with van der Waals surface area (Å²) >= 11 is 0. The molecule has 2 aromatic heterocycles. The van der Waals surface area contributed by atoms with Crippen LogP contribution in [-0.2, 0) is 20.0 Å². The summed E-state index contributed by atoms with van der Waals surface area (Å²) in [5.74, 6) is 0. The van der Waals surface area contributed by atoms with E-state index >= 15 is 0 Å². The maximum atomic E-state index is 4.49. The Bertz CT molecular complexity index is 740. The first-order valence-corrected chi connectivity index (χ1v) is 7.26. The molecule has 21 heavy (non-hydrogen) atoms. The lowest BCUT2D eigenvalue weighted by atomic mass is 10.1. The van der Waals surface area contributed by atoms with Gasteiger partial charge in [0.25, 0.3) is 0 Å². The van der Waals surface area contributed by atoms with Gasteiger partial charge in [0.15, 0.2) is 0 Å². The highest BCUT2D eigenvalue weighted by Gasteiger charge is 2.04. The molecule has 0 saturated heterocycles. The quantitative estimate of drug-likeness (QED) is 0.731. The molecule has 0 aliphatic carbocycles. The monoisotopic (exact) mass is 280 g/mol. The van der Waals surface area contributed by atoms with Crippen molar-refractivity contribution in [1.82, 2.24) is 20.1 Å². The van der Waals surface area contributed by atoms with Crippen molar-refractivity contribution in [1.29, 1.82) is 0 Å². The fraction of sp³-hybridized carbons (Fsp3) is 0.294. The van der Waals surface area contributed by atoms with Crippen molar-refractivity contribution in [3.05, 3.63) is 59.5 Å². The van der Waals surface area contributed by atoms with E-state index in [0.717, 1.165) is 25.0 Å². The number of para-hydroxylation sites is 1. The third-order valence-corrected chi connectivity index (χ3v) is 3.94. The number of nitrogens with zero attached hydrogens (tertiary/aromatic N) is 3. The molecule has 2 heterocycles. The Hall–Kier alpha value is -2.20. The number of hydrogen-bond acceptors (Lipinski definition) is 3. The fourth-order valence-electron chi connectivity index (χ4n) is 2.53. The van der Waals surface area contributed by atoms with Gasteiger partial charge in [-0.1, -0.05) is 24.3 Å². The summed E-state index contributed by atoms with van der Waals surface area (Å²) in [5, 5.41) is 8.96. The average molecular weight is 280 g/mol. The Morgan fingerprint density at radius 2 is 2.00 bits per heavy atom. The molecule has 108 valence electrons. The molecule has 0 unspecified atom stereocenters. The number of aromatic nitrogens is 3. The van der Waals surface area contributed by atoms with Gasteiger partial charge in [0.05, 0.1) is 11.7 Å². The first kappa shape index (κ1) is 13.8. The van der Waals surface area contributed by atoms with Crippen molar-refractivity contribution in [3.8, 4) is 0 Å². The molecule has 0 saturated carbocycles. The molecule has 0 bridgehead atoms. The normalized spacial score (nSPS) is 11.1. The molecule has 0 radical (unpaired) electrons. The zero-order chi connectivity index (χ0) is 14.7. The van der Waals surface area contributed by atoms with Crippen LogP contribution < -0.4 is 5.32 Å². The molecule has 3 aromatic rings. The molecule has 0 atom stereocenters. The molecule has 0 aliphatic heterocycles. The maximum Gasteiger partial charge on any atom is 0.0734 e. The van der Waals surface area contributed by atoms with Crippen LogP contribution in [0.1, 0.15) is 16.8 Å². The highest BCUT2D eigenvalue weighted by molar-refractivity contribution is 5.81. The lowest BCUT2D eigenvalue weighted by Gasteiger charge is -2.07. The second-order valence-electron chi connectivity index (χ2n) is 5.30. The van der Waals surface area contributed by atoms with E-state index in [1.54, 1.807) is 0 Å². The van der Waals surface area contributed by atoms with Crippen LogP contribution in [0.4, 0.5) is 0 Å². The topological polar surface area (TPSA) is 42.7 Å². The molecule has 0 spiro atoms. The van der Waals surface area contributed by atoms with Crippen LogP contribution in [0, 0.1) is 6.92 Å². The van der Waals surface area contributed by atoms with Crippen molar-refractivity contribution in [3.63, 3.8) is 0 Å². The molecule has 1 N–H and O–H groups in total. The van der Waals surface area contributed by atoms with Crippen molar-refractivity contribution < 1.29 is 0 Å². The van der Waals surface area contributed by atoms with Crippen molar-refractivity contribution in [2.45, 2.75) is 19.9 Å². The van der Waals surface area contributed by atoms with E-state index in [1.807, 2.05) is 30.2 Å². The van der Waals surface area contributed by atoms with Gasteiger partial charge >= 0.3 is 0 Å². The molecule has 4 heteroatoms. The Labute approximate surface area is 124 Å². The van der Waals surface area contributed by atoms with Gasteiger partial charge in [-0.3, -0.25) is 9.67 Å². The molecular formula is C17H20N4. The Kier molecular flexibility index (Phi) is 3.97. The van der Waals surface area contributed by atoms with Crippen LogP contribution in [0.15, 0.2) is 42.7 Å². The SMILES string of the molecule is Cc1c(CNCCc2cccc3cccnc23)cnn1C. The summed E-state index contributed by atoms with van der Waals surface area (Å²) in [4.78, 5) is 4.49. The first-order chi connectivity index (χ1) is 10.3. The van der Waals surface area contributed by atoms with Gasteiger partial charge in [0.1, 0.15) is 0 Å². The number of benzene rings is 1. The molecule has 1 aromatic carbocycles. The summed E-state index contributed by atoms with van der Waals surface area (Å²) in [6, 6.07) is 10.5. The molecular weight excluding hydrogens is 260 g/mol. The van der Waals surface area contributed by atoms with Gasteiger partial charge in [-0.15, -0.1) is 0 Å². The van der Waals surface area contributed by atoms with Crippen molar-refractivity contribution in [2.75, 3.05) is 6.54 Å². The second-order valence-corrected chi connectivity index (χ2v) is 5.30. The molecule has 0 aliphatic rings. The van der Waals surface area contributed by atoms with E-state index in [2.05, 4.69) is 46.6 Å². The van der Waals surface area contributed by atoms with E-state index in [0.29, 0.717) is 0 Å². The summed E-state index contributed by atoms with van der Waals surface area (Å²) in [7, 11) is 1.97. The summed E-state index contributed by atoms with van der Waals surface area (Å²) in [6.07, 6.45) is 4.77. The third kappa shape index (κ3) is 2.95. The zero-order valence-electron chi connectivity index (χ0n) is 12.5. The highest BCUT2D eigenvalue weighted by atomic mass is 15.3. The fourth-order valence-corrected chi connectivity index (χ4v) is 2.53. The molecule has 3 rings (SSSR count). The highest BCUT2D eigenvalue weighted by Crippen LogP contribution is 2.16. The number of hydrogen-bond donors (Lipinski definition) is 1. The van der Waals surface area contributed by atoms with E-state index in [4.69, 9.17) is 0 Å². The van der Waals surface area contributed by atoms with Gasteiger partial charge in [0, 0.05) is 36.4 Å². The number of rotatable bonds is 5. The van der Waals surface area contributed by atoms with Gasteiger partial charge in [-0.25, -0.2) is 0 Å². The zero-order valence-corrected chi connectivity index (χ0v) is 12.5. The first-order valence-electron chi connectivity index (χ1n) is 7.26. The Morgan fingerprint density at radius 1 is 1.14 bits per heavy atom. The molecule has 0 amide bonds. The van der Waals surface area contributed by atoms with E-state index in [-0.39, 0.29) is 0 Å². The van der Waals surface area contributed by atoms with Gasteiger partial charge in [-0.2, -0.15) is 5.10 Å². The van der Waals surface area contributed by atoms with Crippen LogP contribution in [0.2, 0.25) is 0 Å². The van der Waals surface area contributed by atoms with Crippen molar-refractivity contribution in [2.24, 2.45) is 7.05 Å². The number of aryl methyl sites for hydroxylation is 1. The summed E-state index contributed by atoms with van der Waals surface area (Å²) < 4.78 is 1.91. The molecule has 4 nitrogen and oxygen atoms in total. The lowest BCUT2D eigenvalue weighted by molar-refractivity contribution is 0.680. The second kappa shape index (κ2) is 6.06. The third-order valence-electron chi connectivity index (χ3n) is 3.94. The number of pyridine rings is 1. The van der Waals surface area contributed by atoms with Gasteiger partial charge < -0.3 is 5.32 Å². The number of nitrogens with one attached hydrogen (secondary N) is 1. The lowest BCUT2D eigenvalue weighted by Crippen LogP contribution is -2.17. The minimum atomic E-state index is 0.859. The summed E-state index contributed by atoms with van der Waals surface area (Å²) in [5.41, 5.74) is 4.88. The van der Waals surface area contributed by atoms with E-state index in [1.165, 1.54) is 22.2 Å². The summed E-state index contributed by atoms with van der Waals surface area (Å²) in [6.45, 7) is 3.89. The van der Waals surface area contributed by atoms with Crippen LogP contribution in [0.3, 0.4) is 0 Å². The Morgan fingerprint density at radius 3 is 2.81 bits per heavy atom. The predicted octanol–water partition coefficient (Wildman–Crippen LogP) is 2.61. The van der Waals surface area contributed by atoms with Gasteiger partial charge in [-0.05, 0) is 31.5 Å². The minimum absolute atomic E-state index is 0.859. The van der Waals surface area contributed by atoms with Crippen LogP contribution in [0.5, 0.6) is 0 Å². The maximum absolute atomic E-state index is 4.49. The largest absolute Gasteiger partial charge is 0.312 e. The van der Waals surface area contributed by atoms with E-state index in [9.17, 15) is 0 Å². The van der Waals surface area contributed by atoms with Crippen LogP contribution >= 0.6 is 0 Å². The van der Waals surface area contributed by atoms with E-state index < -0.39 is 0 Å². The van der Waals surface area contributed by atoms with Crippen molar-refractivity contribution >= 4 is 10.9 Å². The minimum Gasteiger partial charge on any atom is -0.312 e. The van der Waals surface area contributed by atoms with Gasteiger partial charge in [0.2, 0.25) is 0 Å². The standard InChI is InChI=1S/C17H20N4/c1-13-16(12-20-21(13)2)11-18-10-8-15-6-3-5-14-7-4-9-19-17(14)15/h3-7,9,12,18H,8,10-11H2,1-2H3. The number of fused-ring (bicyclic) bond motifs is 1. The van der Waals surface area contributed by atoms with Crippen LogP contribution in [0.25, 0.3) is 10.9 Å².